The van der Waals surface area contributed by atoms with Gasteiger partial charge in [0.25, 0.3) is 11.8 Å². The van der Waals surface area contributed by atoms with Crippen molar-refractivity contribution in [3.8, 4) is 5.75 Å². The second-order valence-corrected chi connectivity index (χ2v) is 10.5. The molecule has 188 valence electrons. The maximum absolute atomic E-state index is 12.8. The van der Waals surface area contributed by atoms with E-state index in [1.54, 1.807) is 11.0 Å². The highest BCUT2D eigenvalue weighted by molar-refractivity contribution is 7.21. The molecule has 9 heteroatoms. The highest BCUT2D eigenvalue weighted by Crippen LogP contribution is 2.38. The van der Waals surface area contributed by atoms with E-state index in [4.69, 9.17) is 4.74 Å². The van der Waals surface area contributed by atoms with E-state index < -0.39 is 0 Å². The van der Waals surface area contributed by atoms with Gasteiger partial charge in [0.2, 0.25) is 0 Å². The summed E-state index contributed by atoms with van der Waals surface area (Å²) < 4.78 is 6.88. The Labute approximate surface area is 214 Å². The van der Waals surface area contributed by atoms with Crippen LogP contribution in [0.15, 0.2) is 48.6 Å². The summed E-state index contributed by atoms with van der Waals surface area (Å²) in [6.07, 6.45) is 3.50. The molecule has 2 aliphatic rings. The molecule has 3 aromatic rings. The molecule has 3 N–H and O–H groups in total. The third kappa shape index (κ3) is 5.03. The normalized spacial score (nSPS) is 17.3. The molecular formula is C27H31N5O3S. The van der Waals surface area contributed by atoms with Crippen LogP contribution >= 0.6 is 11.3 Å². The molecule has 1 atom stereocenters. The molecule has 3 heterocycles. The topological polar surface area (TPSA) is 85.9 Å². The van der Waals surface area contributed by atoms with Crippen molar-refractivity contribution in [1.29, 1.82) is 0 Å². The predicted molar refractivity (Wildman–Crippen MR) is 147 cm³/mol. The third-order valence-electron chi connectivity index (χ3n) is 6.24. The van der Waals surface area contributed by atoms with Gasteiger partial charge in [-0.2, -0.15) is 0 Å². The summed E-state index contributed by atoms with van der Waals surface area (Å²) in [7, 11) is 3.94. The third-order valence-corrected chi connectivity index (χ3v) is 7.41. The van der Waals surface area contributed by atoms with E-state index in [0.29, 0.717) is 38.5 Å². The molecule has 36 heavy (non-hydrogen) atoms. The fraction of sp³-hybridized carbons (Fsp3) is 0.333. The Morgan fingerprint density at radius 3 is 2.97 bits per heavy atom. The second-order valence-electron chi connectivity index (χ2n) is 9.43. The lowest BCUT2D eigenvalue weighted by atomic mass is 10.1. The number of ether oxygens (including phenoxy) is 1. The molecule has 0 bridgehead atoms. The molecule has 0 radical (unpaired) electrons. The van der Waals surface area contributed by atoms with Crippen molar-refractivity contribution >= 4 is 50.3 Å². The van der Waals surface area contributed by atoms with Crippen molar-refractivity contribution in [3.05, 3.63) is 59.0 Å². The summed E-state index contributed by atoms with van der Waals surface area (Å²) >= 11 is 1.52. The van der Waals surface area contributed by atoms with Crippen LogP contribution in [0.1, 0.15) is 22.2 Å². The van der Waals surface area contributed by atoms with Crippen LogP contribution in [0.25, 0.3) is 10.1 Å². The van der Waals surface area contributed by atoms with Crippen LogP contribution < -0.4 is 25.6 Å². The van der Waals surface area contributed by atoms with Crippen LogP contribution in [0, 0.1) is 0 Å². The molecular weight excluding hydrogens is 474 g/mol. The number of amides is 2. The van der Waals surface area contributed by atoms with Gasteiger partial charge in [0.1, 0.15) is 17.2 Å². The number of benzene rings is 2. The van der Waals surface area contributed by atoms with Crippen LogP contribution in [0.4, 0.5) is 17.1 Å². The van der Waals surface area contributed by atoms with Gasteiger partial charge in [0.05, 0.1) is 17.9 Å². The van der Waals surface area contributed by atoms with Crippen molar-refractivity contribution in [2.45, 2.75) is 19.5 Å². The van der Waals surface area contributed by atoms with Crippen LogP contribution in [-0.4, -0.2) is 63.1 Å². The first-order chi connectivity index (χ1) is 17.4. The summed E-state index contributed by atoms with van der Waals surface area (Å²) in [6.45, 7) is 5.01. The first kappa shape index (κ1) is 24.1. The number of fused-ring (bicyclic) bond motifs is 4. The molecule has 0 aliphatic carbocycles. The van der Waals surface area contributed by atoms with E-state index in [-0.39, 0.29) is 17.9 Å². The smallest absolute Gasteiger partial charge is 0.263 e. The average molecular weight is 506 g/mol. The highest BCUT2D eigenvalue weighted by atomic mass is 32.1. The summed E-state index contributed by atoms with van der Waals surface area (Å²) in [5.74, 6) is 0.644. The zero-order valence-corrected chi connectivity index (χ0v) is 21.6. The number of rotatable bonds is 6. The van der Waals surface area contributed by atoms with E-state index in [1.165, 1.54) is 11.3 Å². The molecule has 1 aromatic heterocycles. The number of nitrogens with one attached hydrogen (secondary N) is 3. The van der Waals surface area contributed by atoms with Crippen molar-refractivity contribution in [2.75, 3.05) is 55.9 Å². The number of hydrogen-bond acceptors (Lipinski definition) is 7. The fourth-order valence-electron chi connectivity index (χ4n) is 4.40. The molecule has 2 aliphatic heterocycles. The van der Waals surface area contributed by atoms with Crippen LogP contribution in [-0.2, 0) is 11.3 Å². The van der Waals surface area contributed by atoms with Gasteiger partial charge >= 0.3 is 0 Å². The minimum absolute atomic E-state index is 0.0182. The lowest BCUT2D eigenvalue weighted by molar-refractivity contribution is -0.114. The number of carbonyl (C=O) groups excluding carboxylic acids is 2. The van der Waals surface area contributed by atoms with Crippen molar-refractivity contribution in [3.63, 3.8) is 0 Å². The minimum atomic E-state index is -0.0481. The van der Waals surface area contributed by atoms with E-state index in [2.05, 4.69) is 34.1 Å². The quantitative estimate of drug-likeness (QED) is 0.441. The van der Waals surface area contributed by atoms with Crippen molar-refractivity contribution in [1.82, 2.24) is 10.2 Å². The van der Waals surface area contributed by atoms with E-state index in [1.807, 2.05) is 50.2 Å². The van der Waals surface area contributed by atoms with Gasteiger partial charge in [0.15, 0.2) is 0 Å². The summed E-state index contributed by atoms with van der Waals surface area (Å²) in [4.78, 5) is 29.9. The number of carbonyl (C=O) groups is 2. The maximum Gasteiger partial charge on any atom is 0.263 e. The lowest BCUT2D eigenvalue weighted by Crippen LogP contribution is -2.37. The van der Waals surface area contributed by atoms with Gasteiger partial charge in [0, 0.05) is 47.5 Å². The fourth-order valence-corrected chi connectivity index (χ4v) is 5.46. The Kier molecular flexibility index (Phi) is 6.84. The molecule has 0 fully saturated rings. The Balaban J connectivity index is 1.33. The van der Waals surface area contributed by atoms with E-state index in [0.717, 1.165) is 37.6 Å². The standard InChI is InChI=1S/C27H31N5O3S/c1-17-15-29-25-20-13-18(6-9-23(20)36-26(25)27(34)30-17)16-28-19-7-8-22-21(14-19)32(11-12-35-22)24(33)5-4-10-31(2)3/h4-9,13-14,17,28-29H,10-12,15-16H2,1-3H3,(H,30,34). The van der Waals surface area contributed by atoms with Crippen LogP contribution in [0.3, 0.4) is 0 Å². The zero-order chi connectivity index (χ0) is 25.2. The molecule has 1 unspecified atom stereocenters. The van der Waals surface area contributed by atoms with E-state index >= 15 is 0 Å². The van der Waals surface area contributed by atoms with E-state index in [9.17, 15) is 9.59 Å². The van der Waals surface area contributed by atoms with Crippen LogP contribution in [0.2, 0.25) is 0 Å². The number of thiophene rings is 1. The molecule has 2 aromatic carbocycles. The molecule has 0 spiro atoms. The first-order valence-electron chi connectivity index (χ1n) is 12.1. The number of nitrogens with zero attached hydrogens (tertiary/aromatic N) is 2. The summed E-state index contributed by atoms with van der Waals surface area (Å²) in [5, 5.41) is 11.0. The van der Waals surface area contributed by atoms with Crippen LogP contribution in [0.5, 0.6) is 5.75 Å². The summed E-state index contributed by atoms with van der Waals surface area (Å²) in [6, 6.07) is 12.2. The monoisotopic (exact) mass is 505 g/mol. The second kappa shape index (κ2) is 10.2. The van der Waals surface area contributed by atoms with Gasteiger partial charge in [-0.15, -0.1) is 11.3 Å². The van der Waals surface area contributed by atoms with Gasteiger partial charge in [-0.05, 0) is 56.9 Å². The van der Waals surface area contributed by atoms with Gasteiger partial charge in [-0.25, -0.2) is 0 Å². The largest absolute Gasteiger partial charge is 0.490 e. The lowest BCUT2D eigenvalue weighted by Gasteiger charge is -2.29. The molecule has 0 saturated heterocycles. The molecule has 8 nitrogen and oxygen atoms in total. The van der Waals surface area contributed by atoms with Crippen molar-refractivity contribution in [2.24, 2.45) is 0 Å². The van der Waals surface area contributed by atoms with Gasteiger partial charge in [-0.1, -0.05) is 12.1 Å². The molecule has 0 saturated carbocycles. The molecule has 2 amide bonds. The number of anilines is 3. The Bertz CT molecular complexity index is 1330. The number of hydrogen-bond donors (Lipinski definition) is 3. The molecule has 5 rings (SSSR count). The number of likely N-dealkylation sites (N-methyl/N-ethyl adjacent to an activating group) is 1. The Hall–Kier alpha value is -3.56. The summed E-state index contributed by atoms with van der Waals surface area (Å²) in [5.41, 5.74) is 3.70. The van der Waals surface area contributed by atoms with Crippen molar-refractivity contribution < 1.29 is 14.3 Å². The highest BCUT2D eigenvalue weighted by Gasteiger charge is 2.24. The van der Waals surface area contributed by atoms with Gasteiger partial charge in [-0.3, -0.25) is 9.59 Å². The predicted octanol–water partition coefficient (Wildman–Crippen LogP) is 3.90. The zero-order valence-electron chi connectivity index (χ0n) is 20.8. The maximum atomic E-state index is 12.8. The Morgan fingerprint density at radius 2 is 2.14 bits per heavy atom. The minimum Gasteiger partial charge on any atom is -0.490 e. The average Bonchev–Trinajstić information content (AvgIpc) is 3.16. The van der Waals surface area contributed by atoms with Gasteiger partial charge < -0.3 is 30.5 Å². The first-order valence-corrected chi connectivity index (χ1v) is 12.9. The Morgan fingerprint density at radius 1 is 1.28 bits per heavy atom. The SMILES string of the molecule is CC1CNc2c(sc3ccc(CNc4ccc5c(c4)N(C(=O)C=CCN(C)C)CCO5)cc23)C(=O)N1.